The lowest BCUT2D eigenvalue weighted by Crippen LogP contribution is -2.60. The Morgan fingerprint density at radius 3 is 2.15 bits per heavy atom. The number of fused-ring (bicyclic) bond motifs is 1. The Morgan fingerprint density at radius 2 is 1.52 bits per heavy atom. The summed E-state index contributed by atoms with van der Waals surface area (Å²) >= 11 is 0. The number of phenols is 4. The highest BCUT2D eigenvalue weighted by atomic mass is 16.7. The molecule has 0 saturated carbocycles. The molecule has 0 unspecified atom stereocenters. The largest absolute Gasteiger partial charge is 0.507 e. The normalized spacial score (nSPS) is 25.3. The zero-order valence-electron chi connectivity index (χ0n) is 16.7. The van der Waals surface area contributed by atoms with Crippen LogP contribution >= 0.6 is 0 Å². The molecule has 12 heteroatoms. The van der Waals surface area contributed by atoms with Gasteiger partial charge in [0, 0.05) is 23.8 Å². The summed E-state index contributed by atoms with van der Waals surface area (Å²) in [7, 11) is 0. The van der Waals surface area contributed by atoms with Gasteiger partial charge in [-0.3, -0.25) is 4.79 Å². The van der Waals surface area contributed by atoms with Gasteiger partial charge in [-0.25, -0.2) is 0 Å². The van der Waals surface area contributed by atoms with Gasteiger partial charge in [-0.15, -0.1) is 0 Å². The van der Waals surface area contributed by atoms with Gasteiger partial charge < -0.3 is 54.7 Å². The summed E-state index contributed by atoms with van der Waals surface area (Å²) < 4.78 is 16.3. The van der Waals surface area contributed by atoms with Crippen LogP contribution in [0.2, 0.25) is 0 Å². The van der Waals surface area contributed by atoms with Crippen LogP contribution in [0.25, 0.3) is 22.3 Å². The van der Waals surface area contributed by atoms with Crippen molar-refractivity contribution < 1.29 is 54.7 Å². The fourth-order valence-electron chi connectivity index (χ4n) is 3.50. The molecule has 33 heavy (non-hydrogen) atoms. The standard InChI is InChI=1S/C21H20O12/c22-6-15-18(28)19(29)20(30)21(33-15)31-8-3-9(23)16-10(24)5-13(32-14(16)4-8)7-1-11(25)17(27)12(26)2-7/h1-5,15,18-23,25-30H,6H2/t15-,18-,19+,20-,21-/m0/s1. The number of aliphatic hydroxyl groups is 4. The van der Waals surface area contributed by atoms with E-state index in [1.807, 2.05) is 0 Å². The third-order valence-electron chi connectivity index (χ3n) is 5.24. The van der Waals surface area contributed by atoms with Crippen molar-refractivity contribution in [2.45, 2.75) is 30.7 Å². The molecule has 0 spiro atoms. The number of phenolic OH excluding ortho intramolecular Hbond substituents is 4. The number of aromatic hydroxyl groups is 4. The van der Waals surface area contributed by atoms with Crippen LogP contribution in [0.4, 0.5) is 0 Å². The number of aliphatic hydroxyl groups excluding tert-OH is 4. The number of ether oxygens (including phenoxy) is 2. The van der Waals surface area contributed by atoms with Gasteiger partial charge in [-0.05, 0) is 12.1 Å². The Labute approximate surface area is 184 Å². The van der Waals surface area contributed by atoms with Crippen molar-refractivity contribution >= 4 is 11.0 Å². The highest BCUT2D eigenvalue weighted by Crippen LogP contribution is 2.40. The maximum atomic E-state index is 12.6. The zero-order chi connectivity index (χ0) is 24.0. The van der Waals surface area contributed by atoms with Crippen LogP contribution in [-0.2, 0) is 4.74 Å². The van der Waals surface area contributed by atoms with E-state index in [2.05, 4.69) is 0 Å². The Balaban J connectivity index is 1.74. The van der Waals surface area contributed by atoms with Crippen LogP contribution < -0.4 is 10.2 Å². The van der Waals surface area contributed by atoms with E-state index in [1.165, 1.54) is 6.07 Å². The third kappa shape index (κ3) is 4.01. The van der Waals surface area contributed by atoms with Crippen molar-refractivity contribution in [2.24, 2.45) is 0 Å². The average molecular weight is 464 g/mol. The summed E-state index contributed by atoms with van der Waals surface area (Å²) in [6.07, 6.45) is -7.75. The molecule has 176 valence electrons. The van der Waals surface area contributed by atoms with Gasteiger partial charge in [0.15, 0.2) is 22.7 Å². The first-order chi connectivity index (χ1) is 15.6. The Hall–Kier alpha value is -3.55. The van der Waals surface area contributed by atoms with E-state index >= 15 is 0 Å². The molecule has 8 N–H and O–H groups in total. The van der Waals surface area contributed by atoms with Crippen molar-refractivity contribution in [1.82, 2.24) is 0 Å². The zero-order valence-corrected chi connectivity index (χ0v) is 16.7. The van der Waals surface area contributed by atoms with E-state index in [1.54, 1.807) is 0 Å². The number of hydrogen-bond donors (Lipinski definition) is 8. The number of hydrogen-bond acceptors (Lipinski definition) is 12. The van der Waals surface area contributed by atoms with E-state index in [0.717, 1.165) is 24.3 Å². The smallest absolute Gasteiger partial charge is 0.229 e. The topological polar surface area (TPSA) is 211 Å². The second-order valence-corrected chi connectivity index (χ2v) is 7.47. The first-order valence-corrected chi connectivity index (χ1v) is 9.64. The van der Waals surface area contributed by atoms with Gasteiger partial charge in [0.2, 0.25) is 6.29 Å². The molecular formula is C21H20O12. The molecule has 1 fully saturated rings. The molecule has 5 atom stereocenters. The predicted octanol–water partition coefficient (Wildman–Crippen LogP) is -0.539. The van der Waals surface area contributed by atoms with Crippen LogP contribution in [0.15, 0.2) is 39.5 Å². The van der Waals surface area contributed by atoms with E-state index in [0.29, 0.717) is 0 Å². The lowest BCUT2D eigenvalue weighted by molar-refractivity contribution is -0.277. The van der Waals surface area contributed by atoms with Crippen LogP contribution in [0, 0.1) is 0 Å². The molecule has 0 amide bonds. The molecule has 1 aliphatic rings. The molecule has 12 nitrogen and oxygen atoms in total. The summed E-state index contributed by atoms with van der Waals surface area (Å²) in [6, 6.07) is 5.33. The maximum Gasteiger partial charge on any atom is 0.229 e. The minimum atomic E-state index is -1.71. The molecule has 3 aromatic rings. The molecule has 1 saturated heterocycles. The van der Waals surface area contributed by atoms with Crippen molar-refractivity contribution in [3.63, 3.8) is 0 Å². The van der Waals surface area contributed by atoms with Crippen molar-refractivity contribution in [3.8, 4) is 40.1 Å². The van der Waals surface area contributed by atoms with Crippen LogP contribution in [-0.4, -0.2) is 78.2 Å². The van der Waals surface area contributed by atoms with Crippen molar-refractivity contribution in [2.75, 3.05) is 6.61 Å². The highest BCUT2D eigenvalue weighted by Gasteiger charge is 2.44. The lowest BCUT2D eigenvalue weighted by atomic mass is 9.99. The van der Waals surface area contributed by atoms with Gasteiger partial charge in [-0.1, -0.05) is 0 Å². The van der Waals surface area contributed by atoms with Crippen LogP contribution in [0.3, 0.4) is 0 Å². The van der Waals surface area contributed by atoms with E-state index in [-0.39, 0.29) is 28.0 Å². The summed E-state index contributed by atoms with van der Waals surface area (Å²) in [5.41, 5.74) is -0.805. The average Bonchev–Trinajstić information content (AvgIpc) is 2.76. The Kier molecular flexibility index (Phi) is 5.78. The molecule has 0 radical (unpaired) electrons. The van der Waals surface area contributed by atoms with Gasteiger partial charge in [0.05, 0.1) is 6.61 Å². The fraction of sp³-hybridized carbons (Fsp3) is 0.286. The Morgan fingerprint density at radius 1 is 0.848 bits per heavy atom. The summed E-state index contributed by atoms with van der Waals surface area (Å²) in [5.74, 6) is -2.88. The molecule has 1 aliphatic heterocycles. The van der Waals surface area contributed by atoms with Crippen molar-refractivity contribution in [1.29, 1.82) is 0 Å². The summed E-state index contributed by atoms with van der Waals surface area (Å²) in [5, 5.41) is 78.2. The minimum Gasteiger partial charge on any atom is -0.507 e. The van der Waals surface area contributed by atoms with Crippen LogP contribution in [0.5, 0.6) is 28.7 Å². The van der Waals surface area contributed by atoms with E-state index in [9.17, 15) is 45.6 Å². The second kappa shape index (κ2) is 8.42. The first-order valence-electron chi connectivity index (χ1n) is 9.64. The van der Waals surface area contributed by atoms with Crippen LogP contribution in [0.1, 0.15) is 0 Å². The van der Waals surface area contributed by atoms with Gasteiger partial charge in [0.25, 0.3) is 0 Å². The second-order valence-electron chi connectivity index (χ2n) is 7.47. The quantitative estimate of drug-likeness (QED) is 0.229. The lowest BCUT2D eigenvalue weighted by Gasteiger charge is -2.39. The fourth-order valence-corrected chi connectivity index (χ4v) is 3.50. The monoisotopic (exact) mass is 464 g/mol. The van der Waals surface area contributed by atoms with Crippen molar-refractivity contribution in [3.05, 3.63) is 40.6 Å². The highest BCUT2D eigenvalue weighted by molar-refractivity contribution is 5.86. The Bertz CT molecular complexity index is 1230. The molecular weight excluding hydrogens is 444 g/mol. The molecule has 0 aliphatic carbocycles. The molecule has 0 bridgehead atoms. The SMILES string of the molecule is O=c1cc(-c2cc(O)c(O)c(O)c2)oc2cc(O[C@H]3O[C@@H](CO)[C@H](O)[C@@H](O)[C@@H]3O)cc(O)c12. The molecule has 2 aromatic carbocycles. The summed E-state index contributed by atoms with van der Waals surface area (Å²) in [6.45, 7) is -0.668. The minimum absolute atomic E-state index is 0.0431. The predicted molar refractivity (Wildman–Crippen MR) is 109 cm³/mol. The van der Waals surface area contributed by atoms with E-state index < -0.39 is 65.7 Å². The first kappa shape index (κ1) is 22.6. The van der Waals surface area contributed by atoms with Gasteiger partial charge >= 0.3 is 0 Å². The summed E-state index contributed by atoms with van der Waals surface area (Å²) in [4.78, 5) is 12.6. The third-order valence-corrected chi connectivity index (χ3v) is 5.24. The molecule has 2 heterocycles. The number of rotatable bonds is 4. The molecule has 4 rings (SSSR count). The van der Waals surface area contributed by atoms with E-state index in [4.69, 9.17) is 13.9 Å². The van der Waals surface area contributed by atoms with Gasteiger partial charge in [-0.2, -0.15) is 0 Å². The maximum absolute atomic E-state index is 12.6. The van der Waals surface area contributed by atoms with Gasteiger partial charge in [0.1, 0.15) is 52.6 Å². The molecule has 1 aromatic heterocycles. The number of benzene rings is 2.